The highest BCUT2D eigenvalue weighted by atomic mass is 32.1. The molecule has 5 nitrogen and oxygen atoms in total. The molecule has 0 fully saturated rings. The number of nitrogens with zero attached hydrogens (tertiary/aromatic N) is 2. The summed E-state index contributed by atoms with van der Waals surface area (Å²) in [5, 5.41) is 12.9. The molecule has 0 radical (unpaired) electrons. The van der Waals surface area contributed by atoms with Crippen LogP contribution in [0.15, 0.2) is 35.2 Å². The molecule has 0 aliphatic carbocycles. The van der Waals surface area contributed by atoms with E-state index in [4.69, 9.17) is 5.11 Å². The van der Waals surface area contributed by atoms with Crippen LogP contribution in [0.4, 0.5) is 0 Å². The number of carbonyl (C=O) groups is 2. The Morgan fingerprint density at radius 3 is 2.84 bits per heavy atom. The topological polar surface area (TPSA) is 70.5 Å². The molecule has 1 amide bonds. The van der Waals surface area contributed by atoms with Crippen LogP contribution in [-0.4, -0.2) is 33.9 Å². The summed E-state index contributed by atoms with van der Waals surface area (Å²) in [6, 6.07) is 4.80. The normalized spacial score (nSPS) is 10.2. The van der Waals surface area contributed by atoms with E-state index < -0.39 is 11.9 Å². The lowest BCUT2D eigenvalue weighted by molar-refractivity contribution is 0.0678. The van der Waals surface area contributed by atoms with Crippen LogP contribution in [-0.2, 0) is 6.54 Å². The molecule has 0 bridgehead atoms. The monoisotopic (exact) mass is 276 g/mol. The van der Waals surface area contributed by atoms with Crippen LogP contribution in [0.3, 0.4) is 0 Å². The molecule has 2 heterocycles. The largest absolute Gasteiger partial charge is 0.478 e. The number of thiophene rings is 1. The highest BCUT2D eigenvalue weighted by Gasteiger charge is 2.20. The van der Waals surface area contributed by atoms with Crippen molar-refractivity contribution >= 4 is 23.2 Å². The second-order valence-corrected chi connectivity index (χ2v) is 4.78. The summed E-state index contributed by atoms with van der Waals surface area (Å²) in [5.41, 5.74) is 0.894. The SMILES string of the molecule is CN(Cc1ccsc1)C(=O)c1ncccc1C(=O)O. The third-order valence-corrected chi connectivity index (χ3v) is 3.32. The minimum absolute atomic E-state index is 0.0345. The fraction of sp³-hybridized carbons (Fsp3) is 0.154. The van der Waals surface area contributed by atoms with Crippen LogP contribution in [0.1, 0.15) is 26.4 Å². The first-order valence-electron chi connectivity index (χ1n) is 5.54. The molecule has 6 heteroatoms. The first kappa shape index (κ1) is 13.2. The first-order chi connectivity index (χ1) is 9.09. The average Bonchev–Trinajstić information content (AvgIpc) is 2.90. The summed E-state index contributed by atoms with van der Waals surface area (Å²) >= 11 is 1.55. The van der Waals surface area contributed by atoms with E-state index in [0.717, 1.165) is 5.56 Å². The van der Waals surface area contributed by atoms with Crippen molar-refractivity contribution in [2.75, 3.05) is 7.05 Å². The van der Waals surface area contributed by atoms with Crippen molar-refractivity contribution in [2.45, 2.75) is 6.54 Å². The van der Waals surface area contributed by atoms with Gasteiger partial charge in [0.25, 0.3) is 5.91 Å². The Labute approximate surface area is 114 Å². The van der Waals surface area contributed by atoms with Gasteiger partial charge in [-0.05, 0) is 34.5 Å². The van der Waals surface area contributed by atoms with Crippen molar-refractivity contribution < 1.29 is 14.7 Å². The minimum Gasteiger partial charge on any atom is -0.478 e. The van der Waals surface area contributed by atoms with Crippen LogP contribution in [0.2, 0.25) is 0 Å². The number of pyridine rings is 1. The van der Waals surface area contributed by atoms with Crippen molar-refractivity contribution in [3.63, 3.8) is 0 Å². The van der Waals surface area contributed by atoms with Crippen LogP contribution in [0.5, 0.6) is 0 Å². The van der Waals surface area contributed by atoms with Gasteiger partial charge in [0.05, 0.1) is 5.56 Å². The van der Waals surface area contributed by atoms with Crippen LogP contribution >= 0.6 is 11.3 Å². The molecule has 0 unspecified atom stereocenters. The van der Waals surface area contributed by atoms with E-state index in [9.17, 15) is 9.59 Å². The number of aromatic carboxylic acids is 1. The lowest BCUT2D eigenvalue weighted by Crippen LogP contribution is -2.28. The molecular formula is C13H12N2O3S. The van der Waals surface area contributed by atoms with Gasteiger partial charge in [0.2, 0.25) is 0 Å². The molecule has 0 spiro atoms. The summed E-state index contributed by atoms with van der Waals surface area (Å²) in [5.74, 6) is -1.55. The molecular weight excluding hydrogens is 264 g/mol. The second-order valence-electron chi connectivity index (χ2n) is 4.00. The Hall–Kier alpha value is -2.21. The minimum atomic E-state index is -1.15. The molecule has 0 aromatic carbocycles. The summed E-state index contributed by atoms with van der Waals surface area (Å²) < 4.78 is 0. The van der Waals surface area contributed by atoms with Crippen LogP contribution in [0, 0.1) is 0 Å². The van der Waals surface area contributed by atoms with Gasteiger partial charge in [0.15, 0.2) is 0 Å². The van der Waals surface area contributed by atoms with Gasteiger partial charge in [-0.1, -0.05) is 0 Å². The Kier molecular flexibility index (Phi) is 3.91. The molecule has 1 N–H and O–H groups in total. The Morgan fingerprint density at radius 2 is 2.21 bits per heavy atom. The summed E-state index contributed by atoms with van der Waals surface area (Å²) in [7, 11) is 1.63. The molecule has 0 atom stereocenters. The van der Waals surface area contributed by atoms with Gasteiger partial charge in [-0.3, -0.25) is 9.78 Å². The number of rotatable bonds is 4. The Morgan fingerprint density at radius 1 is 1.42 bits per heavy atom. The predicted octanol–water partition coefficient (Wildman–Crippen LogP) is 2.11. The van der Waals surface area contributed by atoms with E-state index in [1.807, 2.05) is 16.8 Å². The molecule has 2 aromatic rings. The maximum absolute atomic E-state index is 12.2. The van der Waals surface area contributed by atoms with E-state index in [-0.39, 0.29) is 11.3 Å². The molecule has 2 aromatic heterocycles. The standard InChI is InChI=1S/C13H12N2O3S/c1-15(7-9-4-6-19-8-9)12(16)11-10(13(17)18)3-2-5-14-11/h2-6,8H,7H2,1H3,(H,17,18). The van der Waals surface area contributed by atoms with Crippen LogP contribution in [0.25, 0.3) is 0 Å². The van der Waals surface area contributed by atoms with Gasteiger partial charge in [0, 0.05) is 19.8 Å². The van der Waals surface area contributed by atoms with Gasteiger partial charge in [-0.25, -0.2) is 4.79 Å². The zero-order valence-corrected chi connectivity index (χ0v) is 11.1. The van der Waals surface area contributed by atoms with E-state index in [1.54, 1.807) is 18.4 Å². The van der Waals surface area contributed by atoms with Crippen molar-refractivity contribution in [1.82, 2.24) is 9.88 Å². The molecule has 2 rings (SSSR count). The number of amides is 1. The number of aromatic nitrogens is 1. The van der Waals surface area contributed by atoms with Gasteiger partial charge < -0.3 is 10.0 Å². The first-order valence-corrected chi connectivity index (χ1v) is 6.48. The molecule has 19 heavy (non-hydrogen) atoms. The van der Waals surface area contributed by atoms with E-state index in [2.05, 4.69) is 4.98 Å². The van der Waals surface area contributed by atoms with Crippen molar-refractivity contribution in [3.8, 4) is 0 Å². The number of hydrogen-bond donors (Lipinski definition) is 1. The average molecular weight is 276 g/mol. The third kappa shape index (κ3) is 2.97. The van der Waals surface area contributed by atoms with Crippen molar-refractivity contribution in [2.24, 2.45) is 0 Å². The van der Waals surface area contributed by atoms with E-state index in [1.165, 1.54) is 23.2 Å². The van der Waals surface area contributed by atoms with Gasteiger partial charge in [-0.15, -0.1) is 0 Å². The van der Waals surface area contributed by atoms with Gasteiger partial charge in [-0.2, -0.15) is 11.3 Å². The summed E-state index contributed by atoms with van der Waals surface area (Å²) in [6.45, 7) is 0.429. The molecule has 0 aliphatic rings. The number of carboxylic acids is 1. The highest BCUT2D eigenvalue weighted by molar-refractivity contribution is 7.07. The van der Waals surface area contributed by atoms with Crippen LogP contribution < -0.4 is 0 Å². The van der Waals surface area contributed by atoms with E-state index in [0.29, 0.717) is 6.54 Å². The predicted molar refractivity (Wildman–Crippen MR) is 71.3 cm³/mol. The zero-order chi connectivity index (χ0) is 13.8. The van der Waals surface area contributed by atoms with Crippen molar-refractivity contribution in [3.05, 3.63) is 52.0 Å². The van der Waals surface area contributed by atoms with E-state index >= 15 is 0 Å². The maximum Gasteiger partial charge on any atom is 0.338 e. The lowest BCUT2D eigenvalue weighted by Gasteiger charge is -2.16. The number of carbonyl (C=O) groups excluding carboxylic acids is 1. The fourth-order valence-corrected chi connectivity index (χ4v) is 2.32. The summed E-state index contributed by atoms with van der Waals surface area (Å²) in [4.78, 5) is 28.6. The lowest BCUT2D eigenvalue weighted by atomic mass is 10.1. The van der Waals surface area contributed by atoms with Gasteiger partial charge >= 0.3 is 5.97 Å². The molecule has 0 saturated carbocycles. The number of hydrogen-bond acceptors (Lipinski definition) is 4. The Balaban J connectivity index is 2.22. The summed E-state index contributed by atoms with van der Waals surface area (Å²) in [6.07, 6.45) is 1.41. The molecule has 0 saturated heterocycles. The smallest absolute Gasteiger partial charge is 0.338 e. The second kappa shape index (κ2) is 5.62. The molecule has 98 valence electrons. The Bertz CT molecular complexity index is 596. The zero-order valence-electron chi connectivity index (χ0n) is 10.2. The highest BCUT2D eigenvalue weighted by Crippen LogP contribution is 2.12. The molecule has 0 aliphatic heterocycles. The number of carboxylic acid groups (broad SMARTS) is 1. The fourth-order valence-electron chi connectivity index (χ4n) is 1.66. The maximum atomic E-state index is 12.2. The van der Waals surface area contributed by atoms with Crippen molar-refractivity contribution in [1.29, 1.82) is 0 Å². The van der Waals surface area contributed by atoms with Gasteiger partial charge in [0.1, 0.15) is 5.69 Å². The quantitative estimate of drug-likeness (QED) is 0.928. The third-order valence-electron chi connectivity index (χ3n) is 2.59.